The van der Waals surface area contributed by atoms with Gasteiger partial charge in [0.15, 0.2) is 11.4 Å². The molecule has 2 unspecified atom stereocenters. The number of thiazole rings is 1. The van der Waals surface area contributed by atoms with Crippen LogP contribution < -0.4 is 5.32 Å². The van der Waals surface area contributed by atoms with Gasteiger partial charge in [-0.2, -0.15) is 0 Å². The molecule has 0 saturated carbocycles. The van der Waals surface area contributed by atoms with Crippen LogP contribution >= 0.6 is 34.9 Å². The molecule has 3 aromatic rings. The van der Waals surface area contributed by atoms with Gasteiger partial charge in [0.05, 0.1) is 5.51 Å². The molecule has 19 heteroatoms. The summed E-state index contributed by atoms with van der Waals surface area (Å²) in [6, 6.07) is 2.43. The minimum absolute atomic E-state index is 0.0416. The Morgan fingerprint density at radius 1 is 1.32 bits per heavy atom. The number of carboxylic acids is 2. The Bertz CT molecular complexity index is 1430. The topological polar surface area (TPSA) is 214 Å². The number of carbonyl (C=O) groups excluding carboxylic acids is 2. The summed E-state index contributed by atoms with van der Waals surface area (Å²) >= 11 is 3.66. The van der Waals surface area contributed by atoms with E-state index in [2.05, 4.69) is 36.1 Å². The Morgan fingerprint density at radius 2 is 2.16 bits per heavy atom. The fraction of sp³-hybridized carbons (Fsp3) is 0.368. The number of nitrogens with one attached hydrogen (secondary N) is 1. The SMILES string of the molecule is O=C(O)CON=C(C(=O)NC1C(=O)N2CC(CSc3ccc4nnnn4n3)(C(=O)O)CS[C@H]12)c1cscn1. The Morgan fingerprint density at radius 3 is 2.89 bits per heavy atom. The third-order valence-corrected chi connectivity index (χ3v) is 9.04. The summed E-state index contributed by atoms with van der Waals surface area (Å²) in [6.45, 7) is -0.802. The van der Waals surface area contributed by atoms with Gasteiger partial charge in [-0.15, -0.1) is 49.7 Å². The first-order chi connectivity index (χ1) is 18.3. The molecule has 38 heavy (non-hydrogen) atoms. The second kappa shape index (κ2) is 10.5. The summed E-state index contributed by atoms with van der Waals surface area (Å²) in [4.78, 5) is 59.0. The van der Waals surface area contributed by atoms with Gasteiger partial charge in [-0.05, 0) is 22.6 Å². The second-order valence-electron chi connectivity index (χ2n) is 8.17. The minimum atomic E-state index is -1.28. The lowest BCUT2D eigenvalue weighted by molar-refractivity contribution is -0.157. The van der Waals surface area contributed by atoms with Gasteiger partial charge in [0.2, 0.25) is 12.5 Å². The molecular weight excluding hydrogens is 562 g/mol. The maximum atomic E-state index is 12.9. The zero-order chi connectivity index (χ0) is 26.9. The lowest BCUT2D eigenvalue weighted by atomic mass is 9.89. The molecule has 2 amide bonds. The highest BCUT2D eigenvalue weighted by atomic mass is 32.2. The van der Waals surface area contributed by atoms with Crippen molar-refractivity contribution in [2.75, 3.05) is 24.7 Å². The number of rotatable bonds is 10. The third kappa shape index (κ3) is 4.98. The number of hydrogen-bond donors (Lipinski definition) is 3. The number of aromatic nitrogens is 6. The number of oxime groups is 1. The highest BCUT2D eigenvalue weighted by molar-refractivity contribution is 8.00. The monoisotopic (exact) mass is 579 g/mol. The molecule has 2 aliphatic rings. The van der Waals surface area contributed by atoms with Crippen LogP contribution in [-0.4, -0.2) is 111 Å². The summed E-state index contributed by atoms with van der Waals surface area (Å²) in [6.07, 6.45) is 0. The highest BCUT2D eigenvalue weighted by Crippen LogP contribution is 2.44. The van der Waals surface area contributed by atoms with Gasteiger partial charge in [-0.3, -0.25) is 14.4 Å². The van der Waals surface area contributed by atoms with Crippen LogP contribution in [-0.2, 0) is 24.0 Å². The molecule has 2 saturated heterocycles. The molecule has 0 aromatic carbocycles. The number of tetrazole rings is 1. The number of nitrogens with zero attached hydrogens (tertiary/aromatic N) is 8. The number of amides is 2. The average Bonchev–Trinajstić information content (AvgIpc) is 3.60. The van der Waals surface area contributed by atoms with Gasteiger partial charge in [0, 0.05) is 23.4 Å². The summed E-state index contributed by atoms with van der Waals surface area (Å²) in [7, 11) is 0. The molecule has 16 nitrogen and oxygen atoms in total. The smallest absolute Gasteiger partial charge is 0.344 e. The normalized spacial score (nSPS) is 23.0. The van der Waals surface area contributed by atoms with Crippen molar-refractivity contribution in [3.05, 3.63) is 28.7 Å². The number of aliphatic carboxylic acids is 2. The van der Waals surface area contributed by atoms with Crippen molar-refractivity contribution in [2.24, 2.45) is 10.6 Å². The highest BCUT2D eigenvalue weighted by Gasteiger charge is 2.57. The van der Waals surface area contributed by atoms with Crippen molar-refractivity contribution < 1.29 is 34.2 Å². The van der Waals surface area contributed by atoms with E-state index in [9.17, 15) is 24.3 Å². The molecule has 2 aliphatic heterocycles. The Hall–Kier alpha value is -3.84. The number of hydrogen-bond acceptors (Lipinski definition) is 14. The van der Waals surface area contributed by atoms with Crippen molar-refractivity contribution in [1.29, 1.82) is 0 Å². The number of fused-ring (bicyclic) bond motifs is 2. The molecular formula is C19H17N9O7S3. The molecule has 0 bridgehead atoms. The molecule has 3 atom stereocenters. The van der Waals surface area contributed by atoms with E-state index >= 15 is 0 Å². The third-order valence-electron chi connectivity index (χ3n) is 5.66. The van der Waals surface area contributed by atoms with E-state index in [1.54, 1.807) is 12.1 Å². The minimum Gasteiger partial charge on any atom is -0.481 e. The average molecular weight is 580 g/mol. The largest absolute Gasteiger partial charge is 0.481 e. The zero-order valence-corrected chi connectivity index (χ0v) is 21.5. The van der Waals surface area contributed by atoms with Crippen LogP contribution in [0.25, 0.3) is 5.65 Å². The molecule has 3 aromatic heterocycles. The van der Waals surface area contributed by atoms with E-state index in [0.29, 0.717) is 10.7 Å². The van der Waals surface area contributed by atoms with Gasteiger partial charge in [0.25, 0.3) is 5.91 Å². The van der Waals surface area contributed by atoms with Crippen molar-refractivity contribution in [1.82, 2.24) is 40.5 Å². The van der Waals surface area contributed by atoms with E-state index in [-0.39, 0.29) is 29.5 Å². The fourth-order valence-corrected chi connectivity index (χ4v) is 6.97. The summed E-state index contributed by atoms with van der Waals surface area (Å²) in [5, 5.41) is 41.9. The van der Waals surface area contributed by atoms with Crippen LogP contribution in [0.15, 0.2) is 33.2 Å². The molecule has 0 radical (unpaired) electrons. The lowest BCUT2D eigenvalue weighted by Gasteiger charge is -2.53. The molecule has 198 valence electrons. The van der Waals surface area contributed by atoms with E-state index in [0.717, 1.165) is 0 Å². The van der Waals surface area contributed by atoms with Crippen LogP contribution in [0.4, 0.5) is 0 Å². The van der Waals surface area contributed by atoms with Crippen LogP contribution in [0.5, 0.6) is 0 Å². The predicted molar refractivity (Wildman–Crippen MR) is 131 cm³/mol. The first-order valence-electron chi connectivity index (χ1n) is 10.7. The van der Waals surface area contributed by atoms with Gasteiger partial charge in [-0.1, -0.05) is 5.16 Å². The van der Waals surface area contributed by atoms with Crippen molar-refractivity contribution in [2.45, 2.75) is 16.4 Å². The molecule has 0 spiro atoms. The summed E-state index contributed by atoms with van der Waals surface area (Å²) < 4.78 is 1.24. The van der Waals surface area contributed by atoms with Crippen LogP contribution in [0, 0.1) is 5.41 Å². The van der Waals surface area contributed by atoms with Crippen LogP contribution in [0.1, 0.15) is 5.69 Å². The number of carboxylic acid groups (broad SMARTS) is 2. The second-order valence-corrected chi connectivity index (χ2v) is 11.0. The number of β-lactam (4-membered cyclic amide) rings is 1. The number of thioether (sulfide) groups is 2. The van der Waals surface area contributed by atoms with Crippen LogP contribution in [0.3, 0.4) is 0 Å². The fourth-order valence-electron chi connectivity index (χ4n) is 3.72. The van der Waals surface area contributed by atoms with Crippen molar-refractivity contribution in [3.8, 4) is 0 Å². The number of carbonyl (C=O) groups is 4. The van der Waals surface area contributed by atoms with Gasteiger partial charge in [-0.25, -0.2) is 9.78 Å². The van der Waals surface area contributed by atoms with E-state index in [1.807, 2.05) is 0 Å². The first kappa shape index (κ1) is 25.8. The van der Waals surface area contributed by atoms with Crippen molar-refractivity contribution in [3.63, 3.8) is 0 Å². The van der Waals surface area contributed by atoms with E-state index in [4.69, 9.17) is 9.94 Å². The Balaban J connectivity index is 1.24. The van der Waals surface area contributed by atoms with Gasteiger partial charge >= 0.3 is 11.9 Å². The predicted octanol–water partition coefficient (Wildman–Crippen LogP) is -0.956. The molecule has 5 heterocycles. The van der Waals surface area contributed by atoms with Crippen molar-refractivity contribution >= 4 is 70.0 Å². The quantitative estimate of drug-likeness (QED) is 0.114. The molecule has 3 N–H and O–H groups in total. The van der Waals surface area contributed by atoms with Gasteiger partial charge < -0.3 is 25.3 Å². The maximum Gasteiger partial charge on any atom is 0.344 e. The molecule has 0 aliphatic carbocycles. The van der Waals surface area contributed by atoms with Crippen LogP contribution in [0.2, 0.25) is 0 Å². The standard InChI is InChI=1S/C19H17N9O7S3/c29-12(30)3-35-24-13(9-4-36-8-20-9)15(31)21-14-16(32)27-5-19(18(33)34,7-38-17(14)27)6-37-11-2-1-10-22-25-26-28(10)23-11/h1-2,4,8,14,17H,3,5-7H2,(H,21,31)(H,29,30)(H,33,34)/t14?,17-,19?/m1/s1. The van der Waals surface area contributed by atoms with Gasteiger partial charge in [0.1, 0.15) is 27.6 Å². The summed E-state index contributed by atoms with van der Waals surface area (Å²) in [5.74, 6) is -3.20. The first-order valence-corrected chi connectivity index (χ1v) is 13.7. The van der Waals surface area contributed by atoms with E-state index < -0.39 is 47.2 Å². The maximum absolute atomic E-state index is 12.9. The lowest BCUT2D eigenvalue weighted by Crippen LogP contribution is -2.74. The Labute approximate surface area is 224 Å². The summed E-state index contributed by atoms with van der Waals surface area (Å²) in [5.41, 5.74) is 0.554. The Kier molecular flexibility index (Phi) is 7.13. The zero-order valence-electron chi connectivity index (χ0n) is 19.0. The van der Waals surface area contributed by atoms with E-state index in [1.165, 1.54) is 55.3 Å². The molecule has 5 rings (SSSR count). The molecule has 2 fully saturated rings.